The van der Waals surface area contributed by atoms with Gasteiger partial charge in [0, 0.05) is 12.8 Å². The van der Waals surface area contributed by atoms with Crippen LogP contribution in [0.25, 0.3) is 0 Å². The predicted octanol–water partition coefficient (Wildman–Crippen LogP) is -3.49. The number of rotatable bonds is 16. The van der Waals surface area contributed by atoms with Gasteiger partial charge < -0.3 is 43.4 Å². The van der Waals surface area contributed by atoms with Crippen molar-refractivity contribution < 1.29 is 43.8 Å². The molecule has 4 atom stereocenters. The molecule has 0 aromatic heterocycles. The molecular weight excluding hydrogens is 456 g/mol. The van der Waals surface area contributed by atoms with Crippen LogP contribution in [0.3, 0.4) is 0 Å². The van der Waals surface area contributed by atoms with Crippen molar-refractivity contribution in [1.82, 2.24) is 16.0 Å². The monoisotopic (exact) mass is 488 g/mol. The molecule has 0 spiro atoms. The third-order valence-corrected chi connectivity index (χ3v) is 4.63. The van der Waals surface area contributed by atoms with Crippen LogP contribution in [0.5, 0.6) is 0 Å². The van der Waals surface area contributed by atoms with E-state index in [1.54, 1.807) is 13.8 Å². The molecule has 0 rings (SSSR count). The zero-order valence-corrected chi connectivity index (χ0v) is 18.9. The molecule has 5 amide bonds. The summed E-state index contributed by atoms with van der Waals surface area (Å²) in [4.78, 5) is 82.1. The average molecular weight is 488 g/mol. The third kappa shape index (κ3) is 11.8. The van der Waals surface area contributed by atoms with Gasteiger partial charge in [0.15, 0.2) is 0 Å². The van der Waals surface area contributed by atoms with Crippen LogP contribution < -0.4 is 33.2 Å². The second-order valence-corrected chi connectivity index (χ2v) is 7.90. The Labute approximate surface area is 195 Å². The molecular formula is C19H32N6O9. The Bertz CT molecular complexity index is 801. The normalized spacial score (nSPS) is 14.2. The van der Waals surface area contributed by atoms with E-state index < -0.39 is 78.5 Å². The van der Waals surface area contributed by atoms with Crippen LogP contribution in [0.15, 0.2) is 0 Å². The number of aliphatic carboxylic acids is 2. The fraction of sp³-hybridized carbons (Fsp3) is 0.632. The SMILES string of the molecule is CC(C)C(N)C(=O)NC(CCC(=O)O)C(=O)NC(CCC(N)=O)C(=O)NC(CC(N)=O)C(=O)O. The summed E-state index contributed by atoms with van der Waals surface area (Å²) in [7, 11) is 0. The van der Waals surface area contributed by atoms with Gasteiger partial charge >= 0.3 is 11.9 Å². The quantitative estimate of drug-likeness (QED) is 0.106. The molecule has 0 bridgehead atoms. The molecule has 0 radical (unpaired) electrons. The fourth-order valence-electron chi connectivity index (χ4n) is 2.61. The summed E-state index contributed by atoms with van der Waals surface area (Å²) in [6.07, 6.45) is -2.31. The summed E-state index contributed by atoms with van der Waals surface area (Å²) in [5.74, 6) is -7.72. The fourth-order valence-corrected chi connectivity index (χ4v) is 2.61. The summed E-state index contributed by atoms with van der Waals surface area (Å²) in [5, 5.41) is 24.7. The van der Waals surface area contributed by atoms with Gasteiger partial charge in [-0.1, -0.05) is 13.8 Å². The number of hydrogen-bond acceptors (Lipinski definition) is 8. The summed E-state index contributed by atoms with van der Waals surface area (Å²) >= 11 is 0. The minimum Gasteiger partial charge on any atom is -0.481 e. The summed E-state index contributed by atoms with van der Waals surface area (Å²) in [5.41, 5.74) is 15.8. The number of carbonyl (C=O) groups is 7. The number of carboxylic acid groups (broad SMARTS) is 2. The van der Waals surface area contributed by atoms with Crippen LogP contribution >= 0.6 is 0 Å². The summed E-state index contributed by atoms with van der Waals surface area (Å²) in [6, 6.07) is -5.61. The van der Waals surface area contributed by atoms with Gasteiger partial charge in [0.05, 0.1) is 12.5 Å². The van der Waals surface area contributed by atoms with E-state index in [0.717, 1.165) is 0 Å². The molecule has 0 aromatic rings. The van der Waals surface area contributed by atoms with Crippen molar-refractivity contribution in [1.29, 1.82) is 0 Å². The van der Waals surface area contributed by atoms with E-state index >= 15 is 0 Å². The molecule has 34 heavy (non-hydrogen) atoms. The van der Waals surface area contributed by atoms with Gasteiger partial charge in [0.2, 0.25) is 29.5 Å². The maximum atomic E-state index is 12.8. The molecule has 0 aliphatic rings. The second kappa shape index (κ2) is 14.4. The van der Waals surface area contributed by atoms with Crippen LogP contribution in [-0.4, -0.2) is 75.9 Å². The number of nitrogens with one attached hydrogen (secondary N) is 3. The van der Waals surface area contributed by atoms with Crippen molar-refractivity contribution in [2.45, 2.75) is 70.1 Å². The molecule has 0 aromatic carbocycles. The van der Waals surface area contributed by atoms with Gasteiger partial charge in [-0.05, 0) is 18.8 Å². The molecule has 0 saturated heterocycles. The zero-order valence-electron chi connectivity index (χ0n) is 18.9. The van der Waals surface area contributed by atoms with Crippen molar-refractivity contribution in [3.63, 3.8) is 0 Å². The Kier molecular flexibility index (Phi) is 12.8. The van der Waals surface area contributed by atoms with Crippen LogP contribution in [0.4, 0.5) is 0 Å². The largest absolute Gasteiger partial charge is 0.481 e. The Morgan fingerprint density at radius 3 is 1.53 bits per heavy atom. The minimum absolute atomic E-state index is 0.296. The molecule has 0 saturated carbocycles. The van der Waals surface area contributed by atoms with E-state index in [-0.39, 0.29) is 25.2 Å². The highest BCUT2D eigenvalue weighted by atomic mass is 16.4. The third-order valence-electron chi connectivity index (χ3n) is 4.63. The maximum absolute atomic E-state index is 12.8. The lowest BCUT2D eigenvalue weighted by Gasteiger charge is -2.25. The van der Waals surface area contributed by atoms with Crippen molar-refractivity contribution in [3.05, 3.63) is 0 Å². The van der Waals surface area contributed by atoms with Gasteiger partial charge in [-0.3, -0.25) is 28.8 Å². The standard InChI is InChI=1S/C19H32N6O9/c1-8(2)15(22)18(32)24-10(4-6-14(28)29)16(30)23-9(3-5-12(20)26)17(31)25-11(19(33)34)7-13(21)27/h8-11,15H,3-7,22H2,1-2H3,(H2,20,26)(H2,21,27)(H,23,30)(H,24,32)(H,25,31)(H,28,29)(H,33,34). The minimum atomic E-state index is -1.70. The van der Waals surface area contributed by atoms with Gasteiger partial charge in [-0.2, -0.15) is 0 Å². The van der Waals surface area contributed by atoms with Crippen molar-refractivity contribution >= 4 is 41.5 Å². The maximum Gasteiger partial charge on any atom is 0.326 e. The molecule has 192 valence electrons. The highest BCUT2D eigenvalue weighted by molar-refractivity contribution is 5.95. The molecule has 15 nitrogen and oxygen atoms in total. The Hall–Kier alpha value is -3.75. The van der Waals surface area contributed by atoms with Crippen LogP contribution in [0, 0.1) is 5.92 Å². The van der Waals surface area contributed by atoms with E-state index in [2.05, 4.69) is 10.6 Å². The first kappa shape index (κ1) is 30.2. The lowest BCUT2D eigenvalue weighted by molar-refractivity contribution is -0.144. The molecule has 0 heterocycles. The topological polar surface area (TPSA) is 274 Å². The van der Waals surface area contributed by atoms with Crippen LogP contribution in [0.1, 0.15) is 46.0 Å². The van der Waals surface area contributed by atoms with E-state index in [1.165, 1.54) is 0 Å². The van der Waals surface area contributed by atoms with Gasteiger partial charge in [0.25, 0.3) is 0 Å². The number of nitrogens with two attached hydrogens (primary N) is 3. The number of primary amides is 2. The van der Waals surface area contributed by atoms with Crippen molar-refractivity contribution in [2.24, 2.45) is 23.1 Å². The molecule has 15 heteroatoms. The zero-order chi connectivity index (χ0) is 26.6. The second-order valence-electron chi connectivity index (χ2n) is 7.90. The number of hydrogen-bond donors (Lipinski definition) is 8. The van der Waals surface area contributed by atoms with Crippen LogP contribution in [-0.2, 0) is 33.6 Å². The van der Waals surface area contributed by atoms with E-state index in [4.69, 9.17) is 27.4 Å². The smallest absolute Gasteiger partial charge is 0.326 e. The highest BCUT2D eigenvalue weighted by Crippen LogP contribution is 2.06. The first-order chi connectivity index (χ1) is 15.6. The molecule has 0 aliphatic heterocycles. The van der Waals surface area contributed by atoms with E-state index in [9.17, 15) is 33.6 Å². The molecule has 11 N–H and O–H groups in total. The Morgan fingerprint density at radius 2 is 1.15 bits per heavy atom. The number of carbonyl (C=O) groups excluding carboxylic acids is 5. The molecule has 0 aliphatic carbocycles. The van der Waals surface area contributed by atoms with Crippen molar-refractivity contribution in [3.8, 4) is 0 Å². The van der Waals surface area contributed by atoms with Crippen molar-refractivity contribution in [2.75, 3.05) is 0 Å². The first-order valence-electron chi connectivity index (χ1n) is 10.3. The highest BCUT2D eigenvalue weighted by Gasteiger charge is 2.31. The molecule has 4 unspecified atom stereocenters. The predicted molar refractivity (Wildman–Crippen MR) is 115 cm³/mol. The van der Waals surface area contributed by atoms with Gasteiger partial charge in [-0.15, -0.1) is 0 Å². The lowest BCUT2D eigenvalue weighted by atomic mass is 10.0. The van der Waals surface area contributed by atoms with Crippen LogP contribution in [0.2, 0.25) is 0 Å². The molecule has 0 fully saturated rings. The number of carboxylic acids is 2. The first-order valence-corrected chi connectivity index (χ1v) is 10.3. The number of amides is 5. The average Bonchev–Trinajstić information content (AvgIpc) is 2.71. The summed E-state index contributed by atoms with van der Waals surface area (Å²) < 4.78 is 0. The lowest BCUT2D eigenvalue weighted by Crippen LogP contribution is -2.57. The van der Waals surface area contributed by atoms with Gasteiger partial charge in [0.1, 0.15) is 18.1 Å². The Morgan fingerprint density at radius 1 is 0.706 bits per heavy atom. The Balaban J connectivity index is 5.66. The summed E-state index contributed by atoms with van der Waals surface area (Å²) in [6.45, 7) is 3.32. The van der Waals surface area contributed by atoms with Gasteiger partial charge in [-0.25, -0.2) is 4.79 Å². The van der Waals surface area contributed by atoms with E-state index in [1.807, 2.05) is 5.32 Å². The van der Waals surface area contributed by atoms with E-state index in [0.29, 0.717) is 0 Å².